The largest absolute Gasteiger partial charge is 0.481 e. The molecular formula is C37H66N12O13S. The fraction of sp³-hybridized carbons (Fsp3) is 0.703. The summed E-state index contributed by atoms with van der Waals surface area (Å²) in [5, 5.41) is 47.6. The van der Waals surface area contributed by atoms with Crippen molar-refractivity contribution >= 4 is 76.9 Å². The highest BCUT2D eigenvalue weighted by Crippen LogP contribution is 2.11. The van der Waals surface area contributed by atoms with E-state index in [0.29, 0.717) is 12.2 Å². The second-order valence-corrected chi connectivity index (χ2v) is 16.0. The van der Waals surface area contributed by atoms with Crippen molar-refractivity contribution in [2.75, 3.05) is 31.6 Å². The highest BCUT2D eigenvalue weighted by molar-refractivity contribution is 7.98. The third kappa shape index (κ3) is 22.8. The van der Waals surface area contributed by atoms with Gasteiger partial charge in [-0.25, -0.2) is 4.79 Å². The van der Waals surface area contributed by atoms with Crippen molar-refractivity contribution in [1.82, 2.24) is 42.5 Å². The third-order valence-electron chi connectivity index (χ3n) is 9.32. The Labute approximate surface area is 369 Å². The number of carbonyl (C=O) groups excluding carboxylic acids is 8. The van der Waals surface area contributed by atoms with E-state index in [1.165, 1.54) is 25.6 Å². The van der Waals surface area contributed by atoms with Crippen LogP contribution in [0.15, 0.2) is 4.99 Å². The molecule has 0 saturated heterocycles. The predicted octanol–water partition coefficient (Wildman–Crippen LogP) is -5.08. The average molecular weight is 919 g/mol. The number of nitrogens with one attached hydrogen (secondary N) is 8. The van der Waals surface area contributed by atoms with Gasteiger partial charge in [0.15, 0.2) is 5.96 Å². The van der Waals surface area contributed by atoms with E-state index in [-0.39, 0.29) is 31.8 Å². The molecule has 25 nitrogen and oxygen atoms in total. The lowest BCUT2D eigenvalue weighted by molar-refractivity contribution is -0.143. The topological polar surface area (TPSA) is 418 Å². The molecule has 63 heavy (non-hydrogen) atoms. The summed E-state index contributed by atoms with van der Waals surface area (Å²) in [6.07, 6.45) is 0.310. The van der Waals surface area contributed by atoms with Crippen molar-refractivity contribution < 1.29 is 63.3 Å². The number of nitrogens with two attached hydrogens (primary N) is 3. The summed E-state index contributed by atoms with van der Waals surface area (Å²) in [6.45, 7) is 7.80. The molecule has 0 rings (SSSR count). The van der Waals surface area contributed by atoms with Crippen LogP contribution >= 0.6 is 11.8 Å². The molecule has 0 fully saturated rings. The lowest BCUT2D eigenvalue weighted by Crippen LogP contribution is -2.59. The van der Waals surface area contributed by atoms with E-state index >= 15 is 0 Å². The van der Waals surface area contributed by atoms with E-state index in [4.69, 9.17) is 17.2 Å². The number of amides is 8. The van der Waals surface area contributed by atoms with E-state index < -0.39 is 139 Å². The number of hydrogen-bond donors (Lipinski definition) is 14. The minimum atomic E-state index is -1.74. The number of aliphatic imine (C=N–C) groups is 1. The fourth-order valence-corrected chi connectivity index (χ4v) is 5.79. The molecule has 0 aromatic carbocycles. The summed E-state index contributed by atoms with van der Waals surface area (Å²) in [7, 11) is 0. The minimum absolute atomic E-state index is 0.0607. The summed E-state index contributed by atoms with van der Waals surface area (Å²) in [5.74, 6) is -10.6. The Hall–Kier alpha value is -5.76. The molecule has 0 saturated carbocycles. The molecule has 9 atom stereocenters. The van der Waals surface area contributed by atoms with Crippen molar-refractivity contribution in [2.24, 2.45) is 34.0 Å². The number of carbonyl (C=O) groups is 10. The Balaban J connectivity index is 5.45. The van der Waals surface area contributed by atoms with Gasteiger partial charge in [0.25, 0.3) is 0 Å². The minimum Gasteiger partial charge on any atom is -0.481 e. The number of guanidine groups is 1. The maximum absolute atomic E-state index is 13.2. The van der Waals surface area contributed by atoms with Crippen LogP contribution in [-0.4, -0.2) is 161 Å². The zero-order valence-electron chi connectivity index (χ0n) is 36.6. The van der Waals surface area contributed by atoms with Gasteiger partial charge in [-0.05, 0) is 57.0 Å². The standard InChI is InChI=1S/C37H66N12O13S/c1-8-18(4)29(35(60)47-22(36(61)62)10-9-12-41-37(39)40)49-32(57)23(14-26(53)54)45-25(52)16-42-24(51)15-43-30(55)19(5)44-34(59)28(17(2)3)48-31(56)21(11-13-63-7)46-33(58)27(38)20(6)50/h17-23,27-29,50H,8-16,38H2,1-7H3,(H,42,51)(H,43,55)(H,44,59)(H,45,52)(H,46,58)(H,47,60)(H,48,56)(H,49,57)(H,53,54)(H,61,62)(H4,39,40,41). The third-order valence-corrected chi connectivity index (χ3v) is 9.96. The molecule has 0 radical (unpaired) electrons. The molecule has 0 aliphatic rings. The summed E-state index contributed by atoms with van der Waals surface area (Å²) in [4.78, 5) is 130. The number of aliphatic hydroxyl groups excluding tert-OH is 1. The normalized spacial score (nSPS) is 15.2. The van der Waals surface area contributed by atoms with Crippen molar-refractivity contribution in [2.45, 2.75) is 122 Å². The van der Waals surface area contributed by atoms with Gasteiger partial charge in [0, 0.05) is 6.54 Å². The lowest BCUT2D eigenvalue weighted by Gasteiger charge is -2.27. The first-order valence-electron chi connectivity index (χ1n) is 20.1. The van der Waals surface area contributed by atoms with Crippen LogP contribution < -0.4 is 59.7 Å². The van der Waals surface area contributed by atoms with E-state index in [1.54, 1.807) is 34.0 Å². The Kier molecular flexibility index (Phi) is 26.8. The van der Waals surface area contributed by atoms with Gasteiger partial charge in [-0.2, -0.15) is 11.8 Å². The Morgan fingerprint density at radius 3 is 1.73 bits per heavy atom. The van der Waals surface area contributed by atoms with Gasteiger partial charge >= 0.3 is 11.9 Å². The van der Waals surface area contributed by atoms with Gasteiger partial charge in [-0.1, -0.05) is 34.1 Å². The number of thioether (sulfide) groups is 1. The Morgan fingerprint density at radius 1 is 0.651 bits per heavy atom. The van der Waals surface area contributed by atoms with Gasteiger partial charge in [0.05, 0.1) is 25.6 Å². The van der Waals surface area contributed by atoms with Crippen molar-refractivity contribution in [1.29, 1.82) is 0 Å². The molecule has 358 valence electrons. The van der Waals surface area contributed by atoms with Crippen LogP contribution in [0.5, 0.6) is 0 Å². The molecule has 0 aliphatic carbocycles. The number of nitrogens with zero attached hydrogens (tertiary/aromatic N) is 1. The molecule has 8 amide bonds. The maximum Gasteiger partial charge on any atom is 0.326 e. The molecule has 17 N–H and O–H groups in total. The first kappa shape index (κ1) is 57.2. The Bertz CT molecular complexity index is 1630. The van der Waals surface area contributed by atoms with E-state index in [2.05, 4.69) is 47.5 Å². The molecule has 0 aromatic heterocycles. The monoisotopic (exact) mass is 918 g/mol. The molecule has 0 aromatic rings. The van der Waals surface area contributed by atoms with Crippen molar-refractivity contribution in [3.63, 3.8) is 0 Å². The second-order valence-electron chi connectivity index (χ2n) is 15.0. The van der Waals surface area contributed by atoms with Gasteiger partial charge in [-0.15, -0.1) is 0 Å². The fourth-order valence-electron chi connectivity index (χ4n) is 5.32. The quantitative estimate of drug-likeness (QED) is 0.0182. The first-order chi connectivity index (χ1) is 29.4. The molecule has 26 heteroatoms. The summed E-state index contributed by atoms with van der Waals surface area (Å²) >= 11 is 1.41. The number of aliphatic hydroxyl groups is 1. The number of carboxylic acid groups (broad SMARTS) is 2. The molecular weight excluding hydrogens is 853 g/mol. The van der Waals surface area contributed by atoms with E-state index in [1.807, 2.05) is 0 Å². The number of hydrogen-bond acceptors (Lipinski definition) is 14. The number of aliphatic carboxylic acids is 2. The van der Waals surface area contributed by atoms with Gasteiger partial charge in [0.1, 0.15) is 42.3 Å². The van der Waals surface area contributed by atoms with Crippen LogP contribution in [0, 0.1) is 11.8 Å². The highest BCUT2D eigenvalue weighted by atomic mass is 32.2. The summed E-state index contributed by atoms with van der Waals surface area (Å²) in [5.41, 5.74) is 16.2. The summed E-state index contributed by atoms with van der Waals surface area (Å²) < 4.78 is 0. The van der Waals surface area contributed by atoms with Crippen LogP contribution in [0.3, 0.4) is 0 Å². The lowest BCUT2D eigenvalue weighted by atomic mass is 9.97. The van der Waals surface area contributed by atoms with Crippen LogP contribution in [0.2, 0.25) is 0 Å². The molecule has 0 spiro atoms. The van der Waals surface area contributed by atoms with Gasteiger partial charge in [0.2, 0.25) is 47.3 Å². The SMILES string of the molecule is CCC(C)C(NC(=O)C(CC(=O)O)NC(=O)CNC(=O)CNC(=O)C(C)NC(=O)C(NC(=O)C(CCSC)NC(=O)C(N)C(C)O)C(C)C)C(=O)NC(CCCN=C(N)N)C(=O)O. The zero-order valence-corrected chi connectivity index (χ0v) is 37.5. The van der Waals surface area contributed by atoms with Crippen LogP contribution in [0.1, 0.15) is 73.6 Å². The van der Waals surface area contributed by atoms with Crippen LogP contribution in [-0.2, 0) is 47.9 Å². The van der Waals surface area contributed by atoms with Crippen LogP contribution in [0.25, 0.3) is 0 Å². The second kappa shape index (κ2) is 29.5. The first-order valence-corrected chi connectivity index (χ1v) is 21.5. The van der Waals surface area contributed by atoms with E-state index in [0.717, 1.165) is 0 Å². The van der Waals surface area contributed by atoms with Gasteiger partial charge < -0.3 is 75.1 Å². The molecule has 9 unspecified atom stereocenters. The Morgan fingerprint density at radius 2 is 1.21 bits per heavy atom. The maximum atomic E-state index is 13.2. The summed E-state index contributed by atoms with van der Waals surface area (Å²) in [6, 6.07) is -9.25. The van der Waals surface area contributed by atoms with Crippen LogP contribution in [0.4, 0.5) is 0 Å². The molecule has 0 heterocycles. The number of rotatable bonds is 30. The van der Waals surface area contributed by atoms with Crippen molar-refractivity contribution in [3.05, 3.63) is 0 Å². The predicted molar refractivity (Wildman–Crippen MR) is 230 cm³/mol. The van der Waals surface area contributed by atoms with E-state index in [9.17, 15) is 63.3 Å². The number of carboxylic acids is 2. The average Bonchev–Trinajstić information content (AvgIpc) is 3.20. The zero-order chi connectivity index (χ0) is 48.6. The molecule has 0 aliphatic heterocycles. The highest BCUT2D eigenvalue weighted by Gasteiger charge is 2.34. The van der Waals surface area contributed by atoms with Gasteiger partial charge in [-0.3, -0.25) is 48.1 Å². The smallest absolute Gasteiger partial charge is 0.326 e. The van der Waals surface area contributed by atoms with Crippen molar-refractivity contribution in [3.8, 4) is 0 Å². The molecule has 0 bridgehead atoms.